The molecule has 2 aliphatic rings. The minimum atomic E-state index is -0.155. The Hall–Kier alpha value is -0.390. The smallest absolute Gasteiger partial charge is 0.123 e. The zero-order valence-corrected chi connectivity index (χ0v) is 15.7. The lowest BCUT2D eigenvalue weighted by Crippen LogP contribution is -2.49. The van der Waals surface area contributed by atoms with Crippen LogP contribution in [0.4, 0.5) is 4.39 Å². The van der Waals surface area contributed by atoms with Gasteiger partial charge in [-0.05, 0) is 62.3 Å². The molecule has 2 saturated heterocycles. The number of rotatable bonds is 4. The van der Waals surface area contributed by atoms with Crippen LogP contribution in [0.5, 0.6) is 0 Å². The van der Waals surface area contributed by atoms with Crippen LogP contribution in [0.25, 0.3) is 0 Å². The number of ether oxygens (including phenoxy) is 1. The molecular weight excluding hydrogens is 350 g/mol. The molecule has 2 fully saturated rings. The van der Waals surface area contributed by atoms with Crippen molar-refractivity contribution in [1.82, 2.24) is 4.90 Å². The molecule has 0 aliphatic carbocycles. The number of hydrogen-bond acceptors (Lipinski definition) is 3. The molecule has 0 saturated carbocycles. The SMILES string of the molecule is Cl.Cl.N[C@@H]1CCCO[C@@H]1CN1CCC[C@@H](Cc2ccc(F)cc2)C1. The Labute approximate surface area is 156 Å². The average Bonchev–Trinajstić information content (AvgIpc) is 2.52. The van der Waals surface area contributed by atoms with E-state index in [1.54, 1.807) is 12.1 Å². The predicted octanol–water partition coefficient (Wildman–Crippen LogP) is 3.43. The van der Waals surface area contributed by atoms with Gasteiger partial charge in [-0.1, -0.05) is 12.1 Å². The van der Waals surface area contributed by atoms with Crippen molar-refractivity contribution < 1.29 is 9.13 Å². The molecule has 24 heavy (non-hydrogen) atoms. The van der Waals surface area contributed by atoms with E-state index in [4.69, 9.17) is 10.5 Å². The lowest BCUT2D eigenvalue weighted by Gasteiger charge is -2.38. The van der Waals surface area contributed by atoms with Crippen molar-refractivity contribution in [1.29, 1.82) is 0 Å². The van der Waals surface area contributed by atoms with E-state index in [2.05, 4.69) is 4.90 Å². The first-order chi connectivity index (χ1) is 10.7. The Morgan fingerprint density at radius 1 is 1.12 bits per heavy atom. The number of piperidine rings is 1. The molecule has 3 nitrogen and oxygen atoms in total. The van der Waals surface area contributed by atoms with E-state index in [-0.39, 0.29) is 42.8 Å². The van der Waals surface area contributed by atoms with Gasteiger partial charge in [0.15, 0.2) is 0 Å². The monoisotopic (exact) mass is 378 g/mol. The number of hydrogen-bond donors (Lipinski definition) is 1. The van der Waals surface area contributed by atoms with Crippen LogP contribution in [-0.2, 0) is 11.2 Å². The summed E-state index contributed by atoms with van der Waals surface area (Å²) in [5.41, 5.74) is 7.42. The molecule has 3 atom stereocenters. The fraction of sp³-hybridized carbons (Fsp3) is 0.667. The summed E-state index contributed by atoms with van der Waals surface area (Å²) in [7, 11) is 0. The first kappa shape index (κ1) is 21.7. The lowest BCUT2D eigenvalue weighted by molar-refractivity contribution is -0.0248. The molecule has 0 bridgehead atoms. The molecule has 0 radical (unpaired) electrons. The van der Waals surface area contributed by atoms with E-state index in [9.17, 15) is 4.39 Å². The van der Waals surface area contributed by atoms with Crippen molar-refractivity contribution in [3.63, 3.8) is 0 Å². The number of halogens is 3. The molecule has 138 valence electrons. The van der Waals surface area contributed by atoms with Gasteiger partial charge in [0.2, 0.25) is 0 Å². The van der Waals surface area contributed by atoms with E-state index in [1.807, 2.05) is 12.1 Å². The van der Waals surface area contributed by atoms with Crippen LogP contribution in [0.15, 0.2) is 24.3 Å². The van der Waals surface area contributed by atoms with Gasteiger partial charge in [-0.2, -0.15) is 0 Å². The zero-order valence-electron chi connectivity index (χ0n) is 14.0. The molecule has 6 heteroatoms. The summed E-state index contributed by atoms with van der Waals surface area (Å²) in [6.45, 7) is 4.06. The first-order valence-corrected chi connectivity index (χ1v) is 8.54. The Morgan fingerprint density at radius 2 is 1.88 bits per heavy atom. The largest absolute Gasteiger partial charge is 0.375 e. The average molecular weight is 379 g/mol. The summed E-state index contributed by atoms with van der Waals surface area (Å²) in [5, 5.41) is 0. The van der Waals surface area contributed by atoms with E-state index in [0.717, 1.165) is 45.5 Å². The Balaban J connectivity index is 0.00000144. The molecule has 2 aliphatic heterocycles. The molecule has 0 amide bonds. The van der Waals surface area contributed by atoms with Gasteiger partial charge in [0, 0.05) is 25.7 Å². The van der Waals surface area contributed by atoms with Gasteiger partial charge in [-0.3, -0.25) is 0 Å². The van der Waals surface area contributed by atoms with Crippen LogP contribution >= 0.6 is 24.8 Å². The maximum Gasteiger partial charge on any atom is 0.123 e. The summed E-state index contributed by atoms with van der Waals surface area (Å²) in [6, 6.07) is 7.13. The van der Waals surface area contributed by atoms with Crippen LogP contribution in [0.1, 0.15) is 31.2 Å². The van der Waals surface area contributed by atoms with E-state index < -0.39 is 0 Å². The van der Waals surface area contributed by atoms with Crippen LogP contribution < -0.4 is 5.73 Å². The molecular formula is C18H29Cl2FN2O. The molecule has 0 aromatic heterocycles. The van der Waals surface area contributed by atoms with Crippen molar-refractivity contribution in [2.45, 2.75) is 44.2 Å². The van der Waals surface area contributed by atoms with Crippen LogP contribution in [-0.4, -0.2) is 43.3 Å². The van der Waals surface area contributed by atoms with Gasteiger partial charge < -0.3 is 15.4 Å². The number of likely N-dealkylation sites (tertiary alicyclic amines) is 1. The standard InChI is InChI=1S/C18H27FN2O.2ClH/c19-16-7-5-14(6-8-16)11-15-3-1-9-21(12-15)13-18-17(20)4-2-10-22-18;;/h5-8,15,17-18H,1-4,9-13,20H2;2*1H/t15-,17+,18+;;/m0../s1. The van der Waals surface area contributed by atoms with Gasteiger partial charge in [0.1, 0.15) is 5.82 Å². The summed E-state index contributed by atoms with van der Waals surface area (Å²) in [6.07, 6.45) is 5.88. The molecule has 3 rings (SSSR count). The van der Waals surface area contributed by atoms with Gasteiger partial charge in [0.05, 0.1) is 6.10 Å². The van der Waals surface area contributed by atoms with Gasteiger partial charge in [-0.25, -0.2) is 4.39 Å². The second-order valence-electron chi connectivity index (χ2n) is 6.81. The fourth-order valence-electron chi connectivity index (χ4n) is 3.74. The molecule has 2 N–H and O–H groups in total. The molecule has 1 aromatic carbocycles. The minimum absolute atomic E-state index is 0. The first-order valence-electron chi connectivity index (χ1n) is 8.54. The normalized spacial score (nSPS) is 27.8. The Morgan fingerprint density at radius 3 is 2.58 bits per heavy atom. The van der Waals surface area contributed by atoms with Crippen molar-refractivity contribution in [3.05, 3.63) is 35.6 Å². The number of benzene rings is 1. The van der Waals surface area contributed by atoms with E-state index in [0.29, 0.717) is 5.92 Å². The number of nitrogens with zero attached hydrogens (tertiary/aromatic N) is 1. The zero-order chi connectivity index (χ0) is 15.4. The minimum Gasteiger partial charge on any atom is -0.375 e. The third-order valence-electron chi connectivity index (χ3n) is 4.97. The summed E-state index contributed by atoms with van der Waals surface area (Å²) in [4.78, 5) is 2.51. The molecule has 0 spiro atoms. The van der Waals surface area contributed by atoms with Crippen LogP contribution in [0.3, 0.4) is 0 Å². The van der Waals surface area contributed by atoms with E-state index >= 15 is 0 Å². The summed E-state index contributed by atoms with van der Waals surface area (Å²) < 4.78 is 18.8. The van der Waals surface area contributed by atoms with Crippen LogP contribution in [0.2, 0.25) is 0 Å². The lowest BCUT2D eigenvalue weighted by atomic mass is 9.90. The third-order valence-corrected chi connectivity index (χ3v) is 4.97. The topological polar surface area (TPSA) is 38.5 Å². The molecule has 1 aromatic rings. The maximum atomic E-state index is 13.0. The van der Waals surface area contributed by atoms with Crippen molar-refractivity contribution >= 4 is 24.8 Å². The molecule has 0 unspecified atom stereocenters. The second kappa shape index (κ2) is 10.6. The number of nitrogens with two attached hydrogens (primary N) is 1. The highest BCUT2D eigenvalue weighted by Crippen LogP contribution is 2.23. The van der Waals surface area contributed by atoms with Gasteiger partial charge in [-0.15, -0.1) is 24.8 Å². The highest BCUT2D eigenvalue weighted by atomic mass is 35.5. The van der Waals surface area contributed by atoms with E-state index in [1.165, 1.54) is 18.4 Å². The maximum absolute atomic E-state index is 13.0. The Kier molecular flexibility index (Phi) is 9.53. The van der Waals surface area contributed by atoms with Gasteiger partial charge in [0.25, 0.3) is 0 Å². The van der Waals surface area contributed by atoms with Crippen LogP contribution in [0, 0.1) is 11.7 Å². The molecule has 2 heterocycles. The van der Waals surface area contributed by atoms with Crippen molar-refractivity contribution in [2.75, 3.05) is 26.2 Å². The predicted molar refractivity (Wildman–Crippen MR) is 101 cm³/mol. The second-order valence-corrected chi connectivity index (χ2v) is 6.81. The Bertz CT molecular complexity index is 475. The van der Waals surface area contributed by atoms with Crippen molar-refractivity contribution in [3.8, 4) is 0 Å². The highest BCUT2D eigenvalue weighted by Gasteiger charge is 2.27. The highest BCUT2D eigenvalue weighted by molar-refractivity contribution is 5.85. The van der Waals surface area contributed by atoms with Crippen molar-refractivity contribution in [2.24, 2.45) is 11.7 Å². The summed E-state index contributed by atoms with van der Waals surface area (Å²) >= 11 is 0. The fourth-order valence-corrected chi connectivity index (χ4v) is 3.74. The summed E-state index contributed by atoms with van der Waals surface area (Å²) in [5.74, 6) is 0.497. The van der Waals surface area contributed by atoms with Gasteiger partial charge >= 0.3 is 0 Å². The third kappa shape index (κ3) is 6.16. The quantitative estimate of drug-likeness (QED) is 0.871.